The van der Waals surface area contributed by atoms with E-state index in [1.165, 1.54) is 19.3 Å². The predicted molar refractivity (Wildman–Crippen MR) is 190 cm³/mol. The number of ether oxygens (including phenoxy) is 3. The SMILES string of the molecule is CC(C)(C)OC(=O)N(C(=O)OC(C)(C)C)N(c1ccc2cnccc2c1)C1CNCC2CCCC(C2)NCCCCOC2CCC1CC2. The minimum Gasteiger partial charge on any atom is -0.442 e. The number of pyridine rings is 1. The Morgan fingerprint density at radius 1 is 0.854 bits per heavy atom. The van der Waals surface area contributed by atoms with Crippen molar-refractivity contribution >= 4 is 28.6 Å². The summed E-state index contributed by atoms with van der Waals surface area (Å²) in [5.74, 6) is 0.760. The van der Waals surface area contributed by atoms with Crippen LogP contribution in [-0.4, -0.2) is 77.8 Å². The lowest BCUT2D eigenvalue weighted by Gasteiger charge is -2.45. The Balaban J connectivity index is 1.56. The maximum absolute atomic E-state index is 14.2. The van der Waals surface area contributed by atoms with Gasteiger partial charge >= 0.3 is 12.2 Å². The molecule has 2 N–H and O–H groups in total. The fourth-order valence-corrected chi connectivity index (χ4v) is 7.50. The van der Waals surface area contributed by atoms with Crippen molar-refractivity contribution in [2.75, 3.05) is 31.3 Å². The van der Waals surface area contributed by atoms with Gasteiger partial charge < -0.3 is 24.8 Å². The Labute approximate surface area is 287 Å². The van der Waals surface area contributed by atoms with Gasteiger partial charge in [0.1, 0.15) is 11.2 Å². The molecule has 3 heterocycles. The minimum absolute atomic E-state index is 0.189. The second-order valence-corrected chi connectivity index (χ2v) is 16.0. The van der Waals surface area contributed by atoms with Crippen molar-refractivity contribution in [1.29, 1.82) is 0 Å². The molecule has 2 aliphatic carbocycles. The zero-order chi connectivity index (χ0) is 34.3. The zero-order valence-corrected chi connectivity index (χ0v) is 30.1. The lowest BCUT2D eigenvalue weighted by molar-refractivity contribution is -0.00946. The third-order valence-corrected chi connectivity index (χ3v) is 9.74. The van der Waals surface area contributed by atoms with Gasteiger partial charge in [0.2, 0.25) is 0 Å². The first-order valence-electron chi connectivity index (χ1n) is 18.3. The monoisotopic (exact) mass is 665 g/mol. The summed E-state index contributed by atoms with van der Waals surface area (Å²) in [6, 6.07) is 8.27. The molecule has 10 heteroatoms. The van der Waals surface area contributed by atoms with Crippen LogP contribution in [0.2, 0.25) is 0 Å². The van der Waals surface area contributed by atoms with E-state index < -0.39 is 23.4 Å². The Morgan fingerprint density at radius 3 is 2.29 bits per heavy atom. The van der Waals surface area contributed by atoms with Crippen LogP contribution in [0, 0.1) is 11.8 Å². The summed E-state index contributed by atoms with van der Waals surface area (Å²) in [5, 5.41) is 12.6. The molecule has 2 saturated heterocycles. The average molecular weight is 666 g/mol. The lowest BCUT2D eigenvalue weighted by atomic mass is 9.81. The molecule has 1 aromatic carbocycles. The van der Waals surface area contributed by atoms with Crippen molar-refractivity contribution in [3.63, 3.8) is 0 Å². The molecule has 0 spiro atoms. The van der Waals surface area contributed by atoms with Gasteiger partial charge in [-0.25, -0.2) is 9.59 Å². The number of nitrogens with zero attached hydrogens (tertiary/aromatic N) is 3. The molecule has 266 valence electrons. The number of hydrogen-bond acceptors (Lipinski definition) is 9. The normalized spacial score (nSPS) is 26.3. The van der Waals surface area contributed by atoms with Gasteiger partial charge in [-0.3, -0.25) is 9.99 Å². The molecular weight excluding hydrogens is 606 g/mol. The number of anilines is 1. The van der Waals surface area contributed by atoms with Crippen LogP contribution >= 0.6 is 0 Å². The van der Waals surface area contributed by atoms with E-state index in [0.29, 0.717) is 18.5 Å². The number of fused-ring (bicyclic) bond motifs is 11. The Kier molecular flexibility index (Phi) is 12.2. The van der Waals surface area contributed by atoms with Crippen LogP contribution in [0.25, 0.3) is 10.8 Å². The van der Waals surface area contributed by atoms with E-state index in [9.17, 15) is 9.59 Å². The van der Waals surface area contributed by atoms with Crippen molar-refractivity contribution in [3.8, 4) is 0 Å². The van der Waals surface area contributed by atoms with Crippen molar-refractivity contribution in [1.82, 2.24) is 20.6 Å². The number of hydrogen-bond donors (Lipinski definition) is 2. The van der Waals surface area contributed by atoms with Crippen molar-refractivity contribution in [3.05, 3.63) is 36.7 Å². The van der Waals surface area contributed by atoms with Crippen LogP contribution in [0.4, 0.5) is 15.3 Å². The van der Waals surface area contributed by atoms with Gasteiger partial charge in [0, 0.05) is 37.0 Å². The van der Waals surface area contributed by atoms with Gasteiger partial charge in [0.05, 0.1) is 17.8 Å². The van der Waals surface area contributed by atoms with E-state index in [4.69, 9.17) is 14.2 Å². The Morgan fingerprint density at radius 2 is 1.58 bits per heavy atom. The molecular formula is C38H59N5O5. The van der Waals surface area contributed by atoms with Crippen LogP contribution in [0.3, 0.4) is 0 Å². The first-order valence-corrected chi connectivity index (χ1v) is 18.3. The van der Waals surface area contributed by atoms with E-state index in [2.05, 4.69) is 15.6 Å². The van der Waals surface area contributed by atoms with Crippen molar-refractivity contribution in [2.24, 2.45) is 11.8 Å². The molecule has 10 nitrogen and oxygen atoms in total. The van der Waals surface area contributed by atoms with E-state index in [1.807, 2.05) is 77.0 Å². The number of benzene rings is 1. The molecule has 3 unspecified atom stereocenters. The topological polar surface area (TPSA) is 105 Å². The zero-order valence-electron chi connectivity index (χ0n) is 30.1. The third-order valence-electron chi connectivity index (χ3n) is 9.74. The van der Waals surface area contributed by atoms with Crippen LogP contribution in [0.15, 0.2) is 36.7 Å². The van der Waals surface area contributed by atoms with E-state index in [-0.39, 0.29) is 18.1 Å². The average Bonchev–Trinajstić information content (AvgIpc) is 3.02. The third kappa shape index (κ3) is 10.3. The molecule has 2 aliphatic heterocycles. The van der Waals surface area contributed by atoms with Gasteiger partial charge in [0.25, 0.3) is 0 Å². The number of carbonyl (C=O) groups is 2. The number of carbonyl (C=O) groups excluding carboxylic acids is 2. The number of nitrogens with one attached hydrogen (secondary N) is 2. The number of rotatable bonds is 3. The highest BCUT2D eigenvalue weighted by atomic mass is 16.6. The molecule has 2 amide bonds. The van der Waals surface area contributed by atoms with E-state index in [0.717, 1.165) is 86.1 Å². The van der Waals surface area contributed by atoms with E-state index >= 15 is 0 Å². The standard InChI is InChI=1S/C38H59N5O5/c1-37(2,3)47-35(44)43(36(45)48-38(4,5)6)42(32-15-12-30-25-39-20-18-29(30)23-32)34-26-40-24-27-10-9-11-31(22-27)41-19-7-8-21-46-33-16-13-28(34)14-17-33/h12,15,18,20,23,25,27-28,31,33-34,40-41H,7-11,13-14,16-17,19,21-22,24,26H2,1-6H3. The van der Waals surface area contributed by atoms with Crippen LogP contribution < -0.4 is 15.6 Å². The summed E-state index contributed by atoms with van der Waals surface area (Å²) in [6.07, 6.45) is 13.1. The fraction of sp³-hybridized carbons (Fsp3) is 0.711. The highest BCUT2D eigenvalue weighted by molar-refractivity contribution is 5.92. The highest BCUT2D eigenvalue weighted by Crippen LogP contribution is 2.36. The number of imide groups is 1. The maximum Gasteiger partial charge on any atom is 0.439 e. The first-order chi connectivity index (χ1) is 22.9. The molecule has 3 atom stereocenters. The summed E-state index contributed by atoms with van der Waals surface area (Å²) in [7, 11) is 0. The summed E-state index contributed by atoms with van der Waals surface area (Å²) in [6.45, 7) is 14.2. The summed E-state index contributed by atoms with van der Waals surface area (Å²) in [5.41, 5.74) is -0.921. The second kappa shape index (κ2) is 16.2. The summed E-state index contributed by atoms with van der Waals surface area (Å²) >= 11 is 0. The summed E-state index contributed by atoms with van der Waals surface area (Å²) < 4.78 is 18.3. The molecule has 4 bridgehead atoms. The number of aromatic nitrogens is 1. The quantitative estimate of drug-likeness (QED) is 0.321. The minimum atomic E-state index is -0.823. The van der Waals surface area contributed by atoms with Gasteiger partial charge in [-0.05, 0) is 148 Å². The molecule has 6 rings (SSSR count). The molecule has 1 aromatic heterocycles. The van der Waals surface area contributed by atoms with Gasteiger partial charge in [0.15, 0.2) is 0 Å². The molecule has 4 fully saturated rings. The first kappa shape index (κ1) is 36.3. The van der Waals surface area contributed by atoms with Crippen molar-refractivity contribution < 1.29 is 23.8 Å². The Bertz CT molecular complexity index is 1320. The number of hydrazine groups is 1. The second-order valence-electron chi connectivity index (χ2n) is 16.0. The predicted octanol–water partition coefficient (Wildman–Crippen LogP) is 7.60. The molecule has 2 saturated carbocycles. The van der Waals surface area contributed by atoms with Crippen LogP contribution in [0.1, 0.15) is 106 Å². The lowest BCUT2D eigenvalue weighted by Crippen LogP contribution is -2.61. The van der Waals surface area contributed by atoms with Gasteiger partial charge in [-0.2, -0.15) is 0 Å². The fourth-order valence-electron chi connectivity index (χ4n) is 7.50. The molecule has 2 aromatic rings. The smallest absolute Gasteiger partial charge is 0.439 e. The number of amides is 2. The molecule has 48 heavy (non-hydrogen) atoms. The maximum atomic E-state index is 14.2. The van der Waals surface area contributed by atoms with Crippen molar-refractivity contribution in [2.45, 2.75) is 135 Å². The van der Waals surface area contributed by atoms with Gasteiger partial charge in [-0.1, -0.05) is 12.5 Å². The highest BCUT2D eigenvalue weighted by Gasteiger charge is 2.43. The largest absolute Gasteiger partial charge is 0.442 e. The van der Waals surface area contributed by atoms with E-state index in [1.54, 1.807) is 6.20 Å². The molecule has 0 radical (unpaired) electrons. The molecule has 4 aliphatic rings. The Hall–Kier alpha value is -2.95. The van der Waals surface area contributed by atoms with Gasteiger partial charge in [-0.15, -0.1) is 5.01 Å². The van der Waals surface area contributed by atoms with Crippen LogP contribution in [-0.2, 0) is 14.2 Å². The van der Waals surface area contributed by atoms with Crippen LogP contribution in [0.5, 0.6) is 0 Å². The summed E-state index contributed by atoms with van der Waals surface area (Å²) in [4.78, 5) is 32.7.